The number of aromatic nitrogens is 1. The molecule has 0 radical (unpaired) electrons. The van der Waals surface area contributed by atoms with Crippen molar-refractivity contribution in [1.82, 2.24) is 4.98 Å². The van der Waals surface area contributed by atoms with Gasteiger partial charge >= 0.3 is 0 Å². The van der Waals surface area contributed by atoms with Gasteiger partial charge in [-0.05, 0) is 31.0 Å². The van der Waals surface area contributed by atoms with Crippen LogP contribution in [0.2, 0.25) is 0 Å². The van der Waals surface area contributed by atoms with E-state index in [0.717, 1.165) is 36.6 Å². The van der Waals surface area contributed by atoms with Gasteiger partial charge in [0, 0.05) is 25.3 Å². The first-order chi connectivity index (χ1) is 7.74. The minimum absolute atomic E-state index is 0.564. The highest BCUT2D eigenvalue weighted by atomic mass is 15.2. The van der Waals surface area contributed by atoms with Gasteiger partial charge in [-0.15, -0.1) is 6.58 Å². The molecule has 2 N–H and O–H groups in total. The van der Waals surface area contributed by atoms with E-state index in [1.54, 1.807) is 0 Å². The molecule has 0 atom stereocenters. The molecule has 0 unspecified atom stereocenters. The van der Waals surface area contributed by atoms with E-state index in [1.165, 1.54) is 0 Å². The smallest absolute Gasteiger partial charge is 0.129 e. The van der Waals surface area contributed by atoms with Crippen LogP contribution in [-0.4, -0.2) is 18.1 Å². The summed E-state index contributed by atoms with van der Waals surface area (Å²) in [5, 5.41) is 0. The molecular weight excluding hydrogens is 198 g/mol. The lowest BCUT2D eigenvalue weighted by molar-refractivity contribution is 0.862. The highest BCUT2D eigenvalue weighted by Gasteiger charge is 2.06. The Morgan fingerprint density at radius 1 is 1.44 bits per heavy atom. The summed E-state index contributed by atoms with van der Waals surface area (Å²) < 4.78 is 0. The third-order valence-electron chi connectivity index (χ3n) is 2.58. The van der Waals surface area contributed by atoms with Crippen molar-refractivity contribution in [2.75, 3.05) is 18.0 Å². The van der Waals surface area contributed by atoms with Crippen molar-refractivity contribution < 1.29 is 0 Å². The van der Waals surface area contributed by atoms with Crippen molar-refractivity contribution in [2.24, 2.45) is 5.73 Å². The summed E-state index contributed by atoms with van der Waals surface area (Å²) in [4.78, 5) is 6.80. The predicted molar refractivity (Wildman–Crippen MR) is 69.6 cm³/mol. The molecule has 0 fully saturated rings. The topological polar surface area (TPSA) is 42.1 Å². The summed E-state index contributed by atoms with van der Waals surface area (Å²) in [5.74, 6) is 1.00. The first-order valence-electron chi connectivity index (χ1n) is 5.80. The van der Waals surface area contributed by atoms with E-state index in [4.69, 9.17) is 5.73 Å². The monoisotopic (exact) mass is 219 g/mol. The summed E-state index contributed by atoms with van der Waals surface area (Å²) in [6.45, 7) is 10.3. The van der Waals surface area contributed by atoms with Gasteiger partial charge < -0.3 is 10.6 Å². The van der Waals surface area contributed by atoms with Crippen molar-refractivity contribution in [1.29, 1.82) is 0 Å². The molecule has 3 nitrogen and oxygen atoms in total. The molecule has 0 aliphatic rings. The lowest BCUT2D eigenvalue weighted by Crippen LogP contribution is -2.24. The number of pyridine rings is 1. The Labute approximate surface area is 98.0 Å². The Balaban J connectivity index is 3.04. The largest absolute Gasteiger partial charge is 0.353 e. The molecule has 1 aromatic heterocycles. The maximum Gasteiger partial charge on any atom is 0.129 e. The van der Waals surface area contributed by atoms with E-state index in [-0.39, 0.29) is 0 Å². The second kappa shape index (κ2) is 6.28. The van der Waals surface area contributed by atoms with Crippen LogP contribution in [0.15, 0.2) is 24.8 Å². The number of nitrogens with zero attached hydrogens (tertiary/aromatic N) is 2. The van der Waals surface area contributed by atoms with Crippen LogP contribution in [0.4, 0.5) is 5.82 Å². The van der Waals surface area contributed by atoms with Crippen molar-refractivity contribution in [3.8, 4) is 0 Å². The van der Waals surface area contributed by atoms with Gasteiger partial charge in [-0.1, -0.05) is 13.0 Å². The molecular formula is C13H21N3. The Morgan fingerprint density at radius 2 is 2.19 bits per heavy atom. The van der Waals surface area contributed by atoms with Crippen LogP contribution in [0.3, 0.4) is 0 Å². The summed E-state index contributed by atoms with van der Waals surface area (Å²) in [6, 6.07) is 4.14. The second-order valence-corrected chi connectivity index (χ2v) is 3.71. The maximum absolute atomic E-state index is 5.69. The number of hydrogen-bond donors (Lipinski definition) is 1. The minimum atomic E-state index is 0.564. The maximum atomic E-state index is 5.69. The SMILES string of the molecule is C=CCN(CC)c1cc(CN)cc(CC)n1. The van der Waals surface area contributed by atoms with Crippen LogP contribution in [0.1, 0.15) is 25.1 Å². The quantitative estimate of drug-likeness (QED) is 0.745. The zero-order valence-electron chi connectivity index (χ0n) is 10.2. The molecule has 0 saturated carbocycles. The Kier molecular flexibility index (Phi) is 4.99. The fraction of sp³-hybridized carbons (Fsp3) is 0.462. The van der Waals surface area contributed by atoms with E-state index in [0.29, 0.717) is 6.54 Å². The van der Waals surface area contributed by atoms with Crippen LogP contribution in [0, 0.1) is 0 Å². The van der Waals surface area contributed by atoms with E-state index in [9.17, 15) is 0 Å². The molecule has 88 valence electrons. The Hall–Kier alpha value is -1.35. The lowest BCUT2D eigenvalue weighted by Gasteiger charge is -2.21. The molecule has 0 aliphatic heterocycles. The molecule has 3 heteroatoms. The normalized spacial score (nSPS) is 10.2. The number of likely N-dealkylation sites (N-methyl/N-ethyl adjacent to an activating group) is 1. The van der Waals surface area contributed by atoms with Gasteiger partial charge in [0.25, 0.3) is 0 Å². The van der Waals surface area contributed by atoms with Crippen LogP contribution in [0.25, 0.3) is 0 Å². The minimum Gasteiger partial charge on any atom is -0.353 e. The van der Waals surface area contributed by atoms with E-state index >= 15 is 0 Å². The number of aryl methyl sites for hydroxylation is 1. The van der Waals surface area contributed by atoms with Gasteiger partial charge in [0.05, 0.1) is 0 Å². The highest BCUT2D eigenvalue weighted by Crippen LogP contribution is 2.15. The molecule has 0 aliphatic carbocycles. The molecule has 0 bridgehead atoms. The predicted octanol–water partition coefficient (Wildman–Crippen LogP) is 2.12. The molecule has 0 saturated heterocycles. The number of rotatable bonds is 6. The van der Waals surface area contributed by atoms with Gasteiger partial charge in [0.2, 0.25) is 0 Å². The number of hydrogen-bond acceptors (Lipinski definition) is 3. The summed E-state index contributed by atoms with van der Waals surface area (Å²) in [7, 11) is 0. The zero-order chi connectivity index (χ0) is 12.0. The lowest BCUT2D eigenvalue weighted by atomic mass is 10.2. The van der Waals surface area contributed by atoms with Gasteiger partial charge in [-0.3, -0.25) is 0 Å². The average molecular weight is 219 g/mol. The van der Waals surface area contributed by atoms with Crippen molar-refractivity contribution in [3.63, 3.8) is 0 Å². The van der Waals surface area contributed by atoms with Crippen molar-refractivity contribution >= 4 is 5.82 Å². The fourth-order valence-corrected chi connectivity index (χ4v) is 1.63. The highest BCUT2D eigenvalue weighted by molar-refractivity contribution is 5.43. The molecule has 16 heavy (non-hydrogen) atoms. The molecule has 1 rings (SSSR count). The van der Waals surface area contributed by atoms with Crippen LogP contribution in [0.5, 0.6) is 0 Å². The average Bonchev–Trinajstić information content (AvgIpc) is 2.35. The Bertz CT molecular complexity index is 325. The summed E-state index contributed by atoms with van der Waals surface area (Å²) >= 11 is 0. The standard InChI is InChI=1S/C13H21N3/c1-4-7-16(6-3)13-9-11(10-14)8-12(5-2)15-13/h4,8-9H,1,5-7,10,14H2,2-3H3. The Morgan fingerprint density at radius 3 is 2.69 bits per heavy atom. The molecule has 1 heterocycles. The van der Waals surface area contributed by atoms with E-state index in [2.05, 4.69) is 42.4 Å². The van der Waals surface area contributed by atoms with Crippen LogP contribution in [-0.2, 0) is 13.0 Å². The van der Waals surface area contributed by atoms with Crippen LogP contribution < -0.4 is 10.6 Å². The second-order valence-electron chi connectivity index (χ2n) is 3.71. The zero-order valence-corrected chi connectivity index (χ0v) is 10.2. The number of anilines is 1. The first kappa shape index (κ1) is 12.7. The van der Waals surface area contributed by atoms with Crippen LogP contribution >= 0.6 is 0 Å². The summed E-state index contributed by atoms with van der Waals surface area (Å²) in [5.41, 5.74) is 7.93. The van der Waals surface area contributed by atoms with Gasteiger partial charge in [-0.2, -0.15) is 0 Å². The van der Waals surface area contributed by atoms with E-state index in [1.807, 2.05) is 6.08 Å². The van der Waals surface area contributed by atoms with E-state index < -0.39 is 0 Å². The fourth-order valence-electron chi connectivity index (χ4n) is 1.63. The summed E-state index contributed by atoms with van der Waals surface area (Å²) in [6.07, 6.45) is 2.83. The molecule has 1 aromatic rings. The van der Waals surface area contributed by atoms with Crippen molar-refractivity contribution in [3.05, 3.63) is 36.0 Å². The van der Waals surface area contributed by atoms with Gasteiger partial charge in [0.15, 0.2) is 0 Å². The molecule has 0 aromatic carbocycles. The third-order valence-corrected chi connectivity index (χ3v) is 2.58. The first-order valence-corrected chi connectivity index (χ1v) is 5.80. The number of nitrogens with two attached hydrogens (primary N) is 1. The molecule has 0 spiro atoms. The molecule has 0 amide bonds. The van der Waals surface area contributed by atoms with Crippen molar-refractivity contribution in [2.45, 2.75) is 26.8 Å². The third kappa shape index (κ3) is 3.07. The van der Waals surface area contributed by atoms with Gasteiger partial charge in [0.1, 0.15) is 5.82 Å². The van der Waals surface area contributed by atoms with Gasteiger partial charge in [-0.25, -0.2) is 4.98 Å².